The van der Waals surface area contributed by atoms with Crippen LogP contribution in [0.2, 0.25) is 0 Å². The lowest BCUT2D eigenvalue weighted by Crippen LogP contribution is -2.04. The van der Waals surface area contributed by atoms with Gasteiger partial charge in [0.15, 0.2) is 0 Å². The summed E-state index contributed by atoms with van der Waals surface area (Å²) in [6, 6.07) is 14.0. The number of aromatic amines is 1. The molecule has 1 N–H and O–H groups in total. The van der Waals surface area contributed by atoms with Gasteiger partial charge < -0.3 is 4.98 Å². The van der Waals surface area contributed by atoms with Crippen LogP contribution in [0.15, 0.2) is 52.3 Å². The monoisotopic (exact) mass is 241 g/mol. The summed E-state index contributed by atoms with van der Waals surface area (Å²) in [5.74, 6) is 0. The van der Waals surface area contributed by atoms with Crippen molar-refractivity contribution in [1.29, 1.82) is 0 Å². The van der Waals surface area contributed by atoms with E-state index >= 15 is 0 Å². The number of pyridine rings is 1. The van der Waals surface area contributed by atoms with Crippen molar-refractivity contribution in [2.75, 3.05) is 6.26 Å². The van der Waals surface area contributed by atoms with Crippen molar-refractivity contribution >= 4 is 33.3 Å². The lowest BCUT2D eigenvalue weighted by Gasteiger charge is -2.06. The van der Waals surface area contributed by atoms with E-state index < -0.39 is 0 Å². The number of hydrogen-bond acceptors (Lipinski definition) is 2. The fourth-order valence-electron chi connectivity index (χ4n) is 2.16. The number of hydrogen-bond donors (Lipinski definition) is 1. The Morgan fingerprint density at radius 1 is 1.00 bits per heavy atom. The smallest absolute Gasteiger partial charge is 0.249 e. The Morgan fingerprint density at radius 3 is 2.65 bits per heavy atom. The Bertz CT molecular complexity index is 761. The molecule has 0 spiro atoms. The van der Waals surface area contributed by atoms with Crippen LogP contribution in [0.4, 0.5) is 0 Å². The Balaban J connectivity index is 2.58. The number of aromatic nitrogens is 1. The van der Waals surface area contributed by atoms with E-state index in [0.717, 1.165) is 26.6 Å². The summed E-state index contributed by atoms with van der Waals surface area (Å²) in [6.45, 7) is 0. The van der Waals surface area contributed by atoms with Crippen molar-refractivity contribution in [3.8, 4) is 0 Å². The molecule has 0 bridgehead atoms. The number of nitrogens with one attached hydrogen (secondary N) is 1. The summed E-state index contributed by atoms with van der Waals surface area (Å²) in [6.07, 6.45) is 1.97. The Hall–Kier alpha value is -1.74. The van der Waals surface area contributed by atoms with E-state index in [0.29, 0.717) is 0 Å². The zero-order valence-corrected chi connectivity index (χ0v) is 10.2. The van der Waals surface area contributed by atoms with Gasteiger partial charge in [0.1, 0.15) is 0 Å². The third-order valence-corrected chi connectivity index (χ3v) is 3.66. The first-order chi connectivity index (χ1) is 8.29. The van der Waals surface area contributed by atoms with E-state index in [1.54, 1.807) is 17.8 Å². The molecule has 0 aliphatic heterocycles. The van der Waals surface area contributed by atoms with Crippen LogP contribution in [-0.4, -0.2) is 11.2 Å². The molecule has 0 aliphatic rings. The highest BCUT2D eigenvalue weighted by molar-refractivity contribution is 7.98. The molecule has 84 valence electrons. The predicted octanol–water partition coefficient (Wildman–Crippen LogP) is 3.40. The molecule has 3 heteroatoms. The Morgan fingerprint density at radius 2 is 1.82 bits per heavy atom. The van der Waals surface area contributed by atoms with Gasteiger partial charge in [-0.05, 0) is 22.4 Å². The van der Waals surface area contributed by atoms with Crippen LogP contribution in [0.1, 0.15) is 0 Å². The average molecular weight is 241 g/mol. The van der Waals surface area contributed by atoms with Gasteiger partial charge in [-0.2, -0.15) is 0 Å². The van der Waals surface area contributed by atoms with Crippen LogP contribution in [-0.2, 0) is 0 Å². The van der Waals surface area contributed by atoms with Crippen molar-refractivity contribution in [2.45, 2.75) is 5.03 Å². The summed E-state index contributed by atoms with van der Waals surface area (Å²) in [5, 5.41) is 5.36. The molecular formula is C14H11NOS. The molecule has 0 fully saturated rings. The van der Waals surface area contributed by atoms with E-state index in [4.69, 9.17) is 0 Å². The third kappa shape index (κ3) is 1.63. The summed E-state index contributed by atoms with van der Waals surface area (Å²) >= 11 is 1.57. The predicted molar refractivity (Wildman–Crippen MR) is 73.9 cm³/mol. The standard InChI is InChI=1S/C14H11NOS/c1-17-14-11-7-6-9-4-2-3-5-10(9)12(11)8-13(16)15-14/h2-8H,1H3,(H,15,16). The molecule has 1 heterocycles. The van der Waals surface area contributed by atoms with E-state index in [-0.39, 0.29) is 5.56 Å². The first kappa shape index (κ1) is 10.4. The van der Waals surface area contributed by atoms with Crippen molar-refractivity contribution in [3.05, 3.63) is 52.8 Å². The van der Waals surface area contributed by atoms with Crippen molar-refractivity contribution in [3.63, 3.8) is 0 Å². The summed E-state index contributed by atoms with van der Waals surface area (Å²) < 4.78 is 0. The number of benzene rings is 2. The number of H-pyrrole nitrogens is 1. The molecule has 0 amide bonds. The molecular weight excluding hydrogens is 230 g/mol. The molecule has 0 saturated heterocycles. The molecule has 0 saturated carbocycles. The Labute approximate surface area is 103 Å². The highest BCUT2D eigenvalue weighted by Gasteiger charge is 2.05. The second-order valence-electron chi connectivity index (χ2n) is 3.91. The fraction of sp³-hybridized carbons (Fsp3) is 0.0714. The second-order valence-corrected chi connectivity index (χ2v) is 4.73. The van der Waals surface area contributed by atoms with Gasteiger partial charge in [0.05, 0.1) is 5.03 Å². The molecule has 0 atom stereocenters. The summed E-state index contributed by atoms with van der Waals surface area (Å²) in [4.78, 5) is 14.5. The molecule has 2 nitrogen and oxygen atoms in total. The molecule has 17 heavy (non-hydrogen) atoms. The van der Waals surface area contributed by atoms with Crippen LogP contribution in [0, 0.1) is 0 Å². The quantitative estimate of drug-likeness (QED) is 0.523. The van der Waals surface area contributed by atoms with Crippen molar-refractivity contribution in [1.82, 2.24) is 4.98 Å². The van der Waals surface area contributed by atoms with Crippen LogP contribution in [0.3, 0.4) is 0 Å². The lowest BCUT2D eigenvalue weighted by molar-refractivity contribution is 1.12. The fourth-order valence-corrected chi connectivity index (χ4v) is 2.76. The first-order valence-corrected chi connectivity index (χ1v) is 6.61. The van der Waals surface area contributed by atoms with E-state index in [2.05, 4.69) is 29.2 Å². The van der Waals surface area contributed by atoms with Gasteiger partial charge in [-0.3, -0.25) is 4.79 Å². The van der Waals surface area contributed by atoms with Crippen LogP contribution in [0.25, 0.3) is 21.5 Å². The minimum atomic E-state index is -0.0433. The zero-order chi connectivity index (χ0) is 11.8. The van der Waals surface area contributed by atoms with Gasteiger partial charge in [0.2, 0.25) is 5.56 Å². The van der Waals surface area contributed by atoms with Gasteiger partial charge in [0, 0.05) is 11.5 Å². The van der Waals surface area contributed by atoms with Crippen molar-refractivity contribution in [2.24, 2.45) is 0 Å². The van der Waals surface area contributed by atoms with Crippen LogP contribution >= 0.6 is 11.8 Å². The van der Waals surface area contributed by atoms with Gasteiger partial charge in [-0.1, -0.05) is 36.4 Å². The largest absolute Gasteiger partial charge is 0.317 e. The Kier molecular flexibility index (Phi) is 2.41. The van der Waals surface area contributed by atoms with Gasteiger partial charge in [0.25, 0.3) is 0 Å². The maximum Gasteiger partial charge on any atom is 0.249 e. The molecule has 0 aliphatic carbocycles. The number of rotatable bonds is 1. The minimum Gasteiger partial charge on any atom is -0.317 e. The van der Waals surface area contributed by atoms with Crippen LogP contribution in [0.5, 0.6) is 0 Å². The normalized spacial score (nSPS) is 11.1. The molecule has 2 aromatic carbocycles. The molecule has 0 unspecified atom stereocenters. The van der Waals surface area contributed by atoms with E-state index in [9.17, 15) is 4.79 Å². The first-order valence-electron chi connectivity index (χ1n) is 5.38. The third-order valence-electron chi connectivity index (χ3n) is 2.93. The molecule has 1 aromatic heterocycles. The van der Waals surface area contributed by atoms with E-state index in [1.165, 1.54) is 0 Å². The molecule has 0 radical (unpaired) electrons. The summed E-state index contributed by atoms with van der Waals surface area (Å²) in [7, 11) is 0. The second kappa shape index (κ2) is 3.93. The van der Waals surface area contributed by atoms with E-state index in [1.807, 2.05) is 18.4 Å². The highest BCUT2D eigenvalue weighted by atomic mass is 32.2. The minimum absolute atomic E-state index is 0.0433. The number of thioether (sulfide) groups is 1. The lowest BCUT2D eigenvalue weighted by atomic mass is 10.0. The van der Waals surface area contributed by atoms with Crippen molar-refractivity contribution < 1.29 is 0 Å². The SMILES string of the molecule is CSc1[nH]c(=O)cc2c1ccc1ccccc12. The molecule has 3 rings (SSSR count). The van der Waals surface area contributed by atoms with Gasteiger partial charge >= 0.3 is 0 Å². The highest BCUT2D eigenvalue weighted by Crippen LogP contribution is 2.28. The maximum atomic E-state index is 11.6. The molecule has 3 aromatic rings. The topological polar surface area (TPSA) is 32.9 Å². The van der Waals surface area contributed by atoms with Gasteiger partial charge in [-0.15, -0.1) is 11.8 Å². The van der Waals surface area contributed by atoms with Crippen LogP contribution < -0.4 is 5.56 Å². The summed E-state index contributed by atoms with van der Waals surface area (Å²) in [5.41, 5.74) is -0.0433. The maximum absolute atomic E-state index is 11.6. The number of fused-ring (bicyclic) bond motifs is 3. The average Bonchev–Trinajstić information content (AvgIpc) is 2.37. The zero-order valence-electron chi connectivity index (χ0n) is 9.36. The van der Waals surface area contributed by atoms with Gasteiger partial charge in [-0.25, -0.2) is 0 Å².